The smallest absolute Gasteiger partial charge is 0.209 e. The van der Waals surface area contributed by atoms with Gasteiger partial charge in [0.25, 0.3) is 0 Å². The molecule has 12 nitrogen and oxygen atoms in total. The monoisotopic (exact) mass is 930 g/mol. The number of hydrogen-bond acceptors (Lipinski definition) is 10. The predicted octanol–water partition coefficient (Wildman–Crippen LogP) is 9.60. The Morgan fingerprint density at radius 1 is 0.932 bits per heavy atom. The van der Waals surface area contributed by atoms with Crippen molar-refractivity contribution in [1.82, 2.24) is 25.1 Å². The van der Waals surface area contributed by atoms with Gasteiger partial charge in [0.15, 0.2) is 11.6 Å². The van der Waals surface area contributed by atoms with Crippen LogP contribution >= 0.6 is 19.9 Å². The zero-order valence-corrected chi connectivity index (χ0v) is 40.1. The minimum absolute atomic E-state index is 0. The number of likely N-dealkylation sites (N-methyl/N-ethyl adjacent to an activating group) is 1. The molecule has 325 valence electrons. The first-order valence-corrected chi connectivity index (χ1v) is 22.7. The number of nitrogens with zero attached hydrogens (tertiary/aromatic N) is 4. The molecule has 6 rings (SSSR count). The van der Waals surface area contributed by atoms with Gasteiger partial charge in [-0.25, -0.2) is 4.39 Å². The van der Waals surface area contributed by atoms with Gasteiger partial charge in [-0.15, -0.1) is 31.6 Å². The maximum Gasteiger partial charge on any atom is 0.209 e. The van der Waals surface area contributed by atoms with Crippen LogP contribution in [-0.4, -0.2) is 124 Å². The molecule has 0 bridgehead atoms. The molecule has 59 heavy (non-hydrogen) atoms. The summed E-state index contributed by atoms with van der Waals surface area (Å²) in [6.45, 7) is 13.6. The van der Waals surface area contributed by atoms with E-state index >= 15 is 0 Å². The fourth-order valence-corrected chi connectivity index (χ4v) is 7.21. The third-order valence-corrected chi connectivity index (χ3v) is 11.4. The van der Waals surface area contributed by atoms with Gasteiger partial charge >= 0.3 is 0 Å². The van der Waals surface area contributed by atoms with Crippen LogP contribution in [0.25, 0.3) is 32.3 Å². The Morgan fingerprint density at radius 2 is 1.69 bits per heavy atom. The molecular formula is C43H65FN7O5PSY-2. The van der Waals surface area contributed by atoms with Gasteiger partial charge in [0.05, 0.1) is 47.2 Å². The van der Waals surface area contributed by atoms with E-state index in [2.05, 4.69) is 40.1 Å². The number of thiophene rings is 1. The Labute approximate surface area is 382 Å². The summed E-state index contributed by atoms with van der Waals surface area (Å²) in [7, 11) is 4.74. The zero-order chi connectivity index (χ0) is 41.8. The molecular weight excluding hydrogens is 865 g/mol. The number of unbranched alkanes of at least 4 members (excludes halogenated alkanes) is 2. The van der Waals surface area contributed by atoms with Crippen LogP contribution in [0.15, 0.2) is 54.9 Å². The molecule has 0 spiro atoms. The first-order valence-electron chi connectivity index (χ1n) is 20.5. The first kappa shape index (κ1) is 52.9. The molecule has 1 radical (unpaired) electrons. The van der Waals surface area contributed by atoms with Crippen molar-refractivity contribution in [2.45, 2.75) is 65.0 Å². The Kier molecular flexibility index (Phi) is 29.1. The van der Waals surface area contributed by atoms with E-state index in [1.54, 1.807) is 24.3 Å². The van der Waals surface area contributed by atoms with E-state index in [0.29, 0.717) is 18.4 Å². The van der Waals surface area contributed by atoms with Gasteiger partial charge in [-0.3, -0.25) is 19.7 Å². The van der Waals surface area contributed by atoms with Crippen LogP contribution in [0, 0.1) is 5.82 Å². The molecule has 2 fully saturated rings. The Hall–Kier alpha value is -2.23. The molecule has 16 heteroatoms. The number of nitrogens with one attached hydrogen (secondary N) is 3. The number of pyridine rings is 2. The molecule has 3 N–H and O–H groups in total. The number of rotatable bonds is 21. The van der Waals surface area contributed by atoms with Crippen molar-refractivity contribution < 1.29 is 60.8 Å². The van der Waals surface area contributed by atoms with Gasteiger partial charge < -0.3 is 40.6 Å². The van der Waals surface area contributed by atoms with E-state index in [4.69, 9.17) is 30.4 Å². The maximum absolute atomic E-state index is 14.2. The number of amides is 1. The van der Waals surface area contributed by atoms with Crippen LogP contribution < -0.4 is 10.1 Å². The molecule has 4 heterocycles. The standard InChI is InChI=1S/C24H21FN5O2S.C8H20NOP.C8H18O2.C3H6N.Y/c25-18-11-17(26)2-4-21(18)32-22-5-6-27-20-12-23(33-24(20)22)19-3-1-16(13-28-19)14-29-7-9-30(15-31)10-8-29;1-3-7-11-8-6-10-5-4-9-2;1-3-4-5-6-10-8-7-9-2;4-3-1-2-3;/h1-6,11-13,15,26H,7-10,14H2;9,11H,3-8H2,1-2H3;3-8H2,1-2H3;3-4H,1-2H2;/q-1;;;-1;. The number of carbonyl (C=O) groups is 1. The maximum atomic E-state index is 14.2. The van der Waals surface area contributed by atoms with E-state index in [0.717, 1.165) is 126 Å². The Bertz CT molecular complexity index is 1670. The summed E-state index contributed by atoms with van der Waals surface area (Å²) in [5.41, 5.74) is 17.0. The van der Waals surface area contributed by atoms with Crippen molar-refractivity contribution in [2.75, 3.05) is 92.2 Å². The first-order chi connectivity index (χ1) is 28.3. The van der Waals surface area contributed by atoms with Crippen molar-refractivity contribution in [3.05, 3.63) is 77.7 Å². The van der Waals surface area contributed by atoms with Gasteiger partial charge in [-0.05, 0) is 55.6 Å². The minimum Gasteiger partial charge on any atom is -0.699 e. The Morgan fingerprint density at radius 3 is 2.32 bits per heavy atom. The summed E-state index contributed by atoms with van der Waals surface area (Å²) in [6.07, 6.45) is 14.4. The van der Waals surface area contributed by atoms with Gasteiger partial charge in [0.2, 0.25) is 6.41 Å². The molecule has 4 aromatic rings. The number of fused-ring (bicyclic) bond motifs is 1. The second kappa shape index (κ2) is 32.5. The summed E-state index contributed by atoms with van der Waals surface area (Å²) >= 11 is 1.49. The van der Waals surface area contributed by atoms with Gasteiger partial charge in [0.1, 0.15) is 5.75 Å². The summed E-state index contributed by atoms with van der Waals surface area (Å²) < 4.78 is 36.2. The van der Waals surface area contributed by atoms with E-state index in [-0.39, 0.29) is 44.1 Å². The number of methoxy groups -OCH3 is 1. The van der Waals surface area contributed by atoms with Crippen molar-refractivity contribution in [3.63, 3.8) is 0 Å². The molecule has 1 aromatic carbocycles. The SMILES string of the molecule is CCCCCOCCOC.CCCPCCOCCNC.[NH-]C1CC1.[NH-]c1ccc(Oc2ccnc3cc(-c4ccc(CN5CCN(C=O)CC5)cn4)sc23)c(F)c1.[Y]. The molecule has 1 aliphatic heterocycles. The summed E-state index contributed by atoms with van der Waals surface area (Å²) in [5.74, 6) is 0.0120. The molecule has 1 saturated carbocycles. The zero-order valence-electron chi connectivity index (χ0n) is 35.5. The van der Waals surface area contributed by atoms with Crippen LogP contribution in [0.4, 0.5) is 10.1 Å². The quantitative estimate of drug-likeness (QED) is 0.0491. The molecule has 1 aliphatic carbocycles. The normalized spacial score (nSPS) is 13.8. The third kappa shape index (κ3) is 22.4. The topological polar surface area (TPSA) is 146 Å². The molecule has 3 aromatic heterocycles. The van der Waals surface area contributed by atoms with E-state index in [9.17, 15) is 9.18 Å². The van der Waals surface area contributed by atoms with E-state index < -0.39 is 5.82 Å². The molecule has 1 unspecified atom stereocenters. The van der Waals surface area contributed by atoms with E-state index in [1.807, 2.05) is 25.4 Å². The molecule has 1 atom stereocenters. The van der Waals surface area contributed by atoms with E-state index in [1.165, 1.54) is 61.5 Å². The number of carbonyl (C=O) groups excluding carboxylic acids is 1. The van der Waals surface area contributed by atoms with Gasteiger partial charge in [0, 0.05) is 104 Å². The van der Waals surface area contributed by atoms with Crippen molar-refractivity contribution in [2.24, 2.45) is 0 Å². The van der Waals surface area contributed by atoms with Crippen molar-refractivity contribution in [3.8, 4) is 22.1 Å². The summed E-state index contributed by atoms with van der Waals surface area (Å²) in [4.78, 5) is 25.0. The predicted molar refractivity (Wildman–Crippen MR) is 239 cm³/mol. The van der Waals surface area contributed by atoms with Crippen LogP contribution in [0.2, 0.25) is 0 Å². The van der Waals surface area contributed by atoms with Gasteiger partial charge in [-0.2, -0.15) is 0 Å². The van der Waals surface area contributed by atoms with Crippen LogP contribution in [0.5, 0.6) is 11.5 Å². The number of hydrogen-bond donors (Lipinski definition) is 1. The number of ether oxygens (including phenoxy) is 4. The van der Waals surface area contributed by atoms with Crippen molar-refractivity contribution in [1.29, 1.82) is 0 Å². The van der Waals surface area contributed by atoms with Crippen molar-refractivity contribution >= 4 is 42.2 Å². The number of aromatic nitrogens is 2. The van der Waals surface area contributed by atoms with Crippen LogP contribution in [-0.2, 0) is 58.3 Å². The number of halogens is 1. The molecule has 1 amide bonds. The largest absolute Gasteiger partial charge is 0.699 e. The molecule has 2 aliphatic rings. The summed E-state index contributed by atoms with van der Waals surface area (Å²) in [6, 6.07) is 12.1. The molecule has 1 saturated heterocycles. The fraction of sp³-hybridized carbons (Fsp3) is 0.558. The third-order valence-electron chi connectivity index (χ3n) is 8.81. The van der Waals surface area contributed by atoms with Crippen LogP contribution in [0.3, 0.4) is 0 Å². The second-order valence-corrected chi connectivity index (χ2v) is 16.5. The van der Waals surface area contributed by atoms with Crippen LogP contribution in [0.1, 0.15) is 57.9 Å². The Balaban J connectivity index is 0.000000378. The fourth-order valence-electron chi connectivity index (χ4n) is 5.28. The minimum atomic E-state index is -0.575. The number of piperazine rings is 1. The average molecular weight is 931 g/mol. The van der Waals surface area contributed by atoms with Gasteiger partial charge in [-0.1, -0.05) is 58.1 Å². The summed E-state index contributed by atoms with van der Waals surface area (Å²) in [5, 5.41) is 3.05. The average Bonchev–Trinajstić information content (AvgIpc) is 3.90. The number of benzene rings is 1. The second-order valence-electron chi connectivity index (χ2n) is 13.9.